The molecule has 4 rings (SSSR count). The van der Waals surface area contributed by atoms with Crippen LogP contribution < -0.4 is 10.6 Å². The van der Waals surface area contributed by atoms with E-state index in [1.165, 1.54) is 12.1 Å². The minimum Gasteiger partial charge on any atom is -0.444 e. The molecule has 0 saturated carbocycles. The average Bonchev–Trinajstić information content (AvgIpc) is 3.26. The molecule has 10 heteroatoms. The van der Waals surface area contributed by atoms with E-state index in [2.05, 4.69) is 10.6 Å². The van der Waals surface area contributed by atoms with E-state index in [-0.39, 0.29) is 19.3 Å². The fraction of sp³-hybridized carbons (Fsp3) is 0.412. The fourth-order valence-corrected chi connectivity index (χ4v) is 5.48. The maximum atomic E-state index is 13.8. The minimum absolute atomic E-state index is 0.0238. The lowest BCUT2D eigenvalue weighted by Crippen LogP contribution is -2.48. The molecule has 236 valence electrons. The third-order valence-electron chi connectivity index (χ3n) is 7.63. The van der Waals surface area contributed by atoms with Crippen molar-refractivity contribution in [2.45, 2.75) is 82.5 Å². The number of halogens is 3. The molecule has 0 saturated heterocycles. The van der Waals surface area contributed by atoms with Crippen LogP contribution in [0.25, 0.3) is 0 Å². The van der Waals surface area contributed by atoms with Crippen molar-refractivity contribution in [3.63, 3.8) is 0 Å². The number of carbonyl (C=O) groups is 2. The third-order valence-corrected chi connectivity index (χ3v) is 7.63. The van der Waals surface area contributed by atoms with Gasteiger partial charge in [-0.3, -0.25) is 4.79 Å². The highest BCUT2D eigenvalue weighted by atomic mass is 19.4. The quantitative estimate of drug-likeness (QED) is 0.241. The van der Waals surface area contributed by atoms with E-state index in [0.717, 1.165) is 28.8 Å². The highest BCUT2D eigenvalue weighted by molar-refractivity contribution is 5.80. The summed E-state index contributed by atoms with van der Waals surface area (Å²) in [4.78, 5) is 26.5. The number of aliphatic hydroxyl groups excluding tert-OH is 2. The van der Waals surface area contributed by atoms with Gasteiger partial charge in [-0.2, -0.15) is 13.2 Å². The van der Waals surface area contributed by atoms with Crippen LogP contribution in [0.2, 0.25) is 0 Å². The number of benzene rings is 3. The number of fused-ring (bicyclic) bond motifs is 1. The number of rotatable bonds is 10. The van der Waals surface area contributed by atoms with Gasteiger partial charge in [-0.05, 0) is 74.4 Å². The molecular formula is C34H39F3N2O5. The zero-order valence-corrected chi connectivity index (χ0v) is 25.0. The van der Waals surface area contributed by atoms with Gasteiger partial charge in [-0.15, -0.1) is 0 Å². The van der Waals surface area contributed by atoms with Gasteiger partial charge < -0.3 is 25.6 Å². The Morgan fingerprint density at radius 3 is 2.16 bits per heavy atom. The summed E-state index contributed by atoms with van der Waals surface area (Å²) in [7, 11) is 0. The average molecular weight is 613 g/mol. The van der Waals surface area contributed by atoms with Crippen molar-refractivity contribution in [2.24, 2.45) is 5.92 Å². The molecule has 44 heavy (non-hydrogen) atoms. The van der Waals surface area contributed by atoms with E-state index < -0.39 is 59.6 Å². The van der Waals surface area contributed by atoms with Gasteiger partial charge >= 0.3 is 12.3 Å². The van der Waals surface area contributed by atoms with Crippen molar-refractivity contribution in [3.05, 3.63) is 107 Å². The first-order valence-electron chi connectivity index (χ1n) is 14.6. The molecule has 3 aromatic rings. The maximum absolute atomic E-state index is 13.8. The Hall–Kier alpha value is -3.89. The maximum Gasteiger partial charge on any atom is 0.416 e. The molecule has 0 heterocycles. The van der Waals surface area contributed by atoms with Gasteiger partial charge in [0.1, 0.15) is 5.60 Å². The second kappa shape index (κ2) is 13.8. The summed E-state index contributed by atoms with van der Waals surface area (Å²) in [6.07, 6.45) is -6.80. The van der Waals surface area contributed by atoms with Crippen LogP contribution in [-0.4, -0.2) is 46.1 Å². The molecule has 5 atom stereocenters. The summed E-state index contributed by atoms with van der Waals surface area (Å²) < 4.78 is 44.9. The Labute approximate surface area is 255 Å². The van der Waals surface area contributed by atoms with Gasteiger partial charge in [0.2, 0.25) is 5.91 Å². The van der Waals surface area contributed by atoms with Gasteiger partial charge in [0.25, 0.3) is 0 Å². The van der Waals surface area contributed by atoms with E-state index in [1.807, 2.05) is 54.6 Å². The first-order chi connectivity index (χ1) is 20.7. The normalized spacial score (nSPS) is 18.5. The zero-order chi connectivity index (χ0) is 32.1. The molecule has 2 amide bonds. The van der Waals surface area contributed by atoms with Crippen LogP contribution in [0.15, 0.2) is 78.9 Å². The summed E-state index contributed by atoms with van der Waals surface area (Å²) in [5.74, 6) is -1.37. The van der Waals surface area contributed by atoms with Gasteiger partial charge in [-0.1, -0.05) is 66.7 Å². The van der Waals surface area contributed by atoms with Gasteiger partial charge in [0.05, 0.1) is 29.9 Å². The largest absolute Gasteiger partial charge is 0.444 e. The smallest absolute Gasteiger partial charge is 0.416 e. The van der Waals surface area contributed by atoms with Crippen LogP contribution in [0.3, 0.4) is 0 Å². The molecule has 1 aliphatic carbocycles. The van der Waals surface area contributed by atoms with Crippen LogP contribution >= 0.6 is 0 Å². The Bertz CT molecular complexity index is 1410. The number of ether oxygens (including phenoxy) is 1. The predicted octanol–water partition coefficient (Wildman–Crippen LogP) is 5.53. The highest BCUT2D eigenvalue weighted by Gasteiger charge is 2.36. The molecule has 3 aromatic carbocycles. The van der Waals surface area contributed by atoms with Crippen molar-refractivity contribution in [1.29, 1.82) is 0 Å². The lowest BCUT2D eigenvalue weighted by Gasteiger charge is -2.30. The molecule has 1 aliphatic rings. The molecule has 0 aromatic heterocycles. The number of aliphatic hydroxyl groups is 2. The van der Waals surface area contributed by atoms with Crippen LogP contribution in [-0.2, 0) is 35.0 Å². The number of amides is 2. The zero-order valence-electron chi connectivity index (χ0n) is 25.0. The summed E-state index contributed by atoms with van der Waals surface area (Å²) >= 11 is 0. The first-order valence-corrected chi connectivity index (χ1v) is 14.6. The second-order valence-electron chi connectivity index (χ2n) is 12.3. The lowest BCUT2D eigenvalue weighted by atomic mass is 9.88. The minimum atomic E-state index is -4.50. The molecule has 0 radical (unpaired) electrons. The van der Waals surface area contributed by atoms with Gasteiger partial charge in [-0.25, -0.2) is 4.79 Å². The number of alkyl halides is 3. The molecule has 0 aliphatic heterocycles. The standard InChI is InChI=1S/C34H39F3N2O5/c1-33(2,3)44-32(43)38-27(18-21-9-5-4-6-10-21)28(40)20-24(17-22-13-15-25(16-14-22)34(35,36)37)31(42)39-30-26-12-8-7-11-23(26)19-29(30)41/h4-16,24,27-30,40-41H,17-20H2,1-3H3,(H,38,43)(H,39,42). The molecule has 0 bridgehead atoms. The van der Waals surface area contributed by atoms with Crippen molar-refractivity contribution in [2.75, 3.05) is 0 Å². The van der Waals surface area contributed by atoms with Crippen LogP contribution in [0.5, 0.6) is 0 Å². The number of carbonyl (C=O) groups excluding carboxylic acids is 2. The first kappa shape index (κ1) is 33.0. The monoisotopic (exact) mass is 612 g/mol. The van der Waals surface area contributed by atoms with E-state index in [1.54, 1.807) is 20.8 Å². The lowest BCUT2D eigenvalue weighted by molar-refractivity contribution is -0.137. The van der Waals surface area contributed by atoms with E-state index in [9.17, 15) is 33.0 Å². The molecule has 0 fully saturated rings. The van der Waals surface area contributed by atoms with E-state index >= 15 is 0 Å². The van der Waals surface area contributed by atoms with Crippen LogP contribution in [0.1, 0.15) is 61.1 Å². The SMILES string of the molecule is CC(C)(C)OC(=O)NC(Cc1ccccc1)C(O)CC(Cc1ccc(C(F)(F)F)cc1)C(=O)NC1c2ccccc2CC1O. The number of nitrogens with one attached hydrogen (secondary N) is 2. The van der Waals surface area contributed by atoms with Crippen molar-refractivity contribution >= 4 is 12.0 Å². The summed E-state index contributed by atoms with van der Waals surface area (Å²) in [5.41, 5.74) is 1.41. The number of hydrogen-bond acceptors (Lipinski definition) is 5. The van der Waals surface area contributed by atoms with Crippen molar-refractivity contribution in [3.8, 4) is 0 Å². The summed E-state index contributed by atoms with van der Waals surface area (Å²) in [6.45, 7) is 5.15. The Morgan fingerprint density at radius 2 is 1.52 bits per heavy atom. The van der Waals surface area contributed by atoms with Gasteiger partial charge in [0.15, 0.2) is 0 Å². The molecule has 5 unspecified atom stereocenters. The van der Waals surface area contributed by atoms with Crippen molar-refractivity contribution < 1.29 is 37.7 Å². The van der Waals surface area contributed by atoms with E-state index in [4.69, 9.17) is 4.74 Å². The Balaban J connectivity index is 1.58. The topological polar surface area (TPSA) is 108 Å². The van der Waals surface area contributed by atoms with Crippen LogP contribution in [0.4, 0.5) is 18.0 Å². The van der Waals surface area contributed by atoms with Crippen molar-refractivity contribution in [1.82, 2.24) is 10.6 Å². The second-order valence-corrected chi connectivity index (χ2v) is 12.3. The molecule has 7 nitrogen and oxygen atoms in total. The highest BCUT2D eigenvalue weighted by Crippen LogP contribution is 2.33. The Morgan fingerprint density at radius 1 is 0.909 bits per heavy atom. The summed E-state index contributed by atoms with van der Waals surface area (Å²) in [5, 5.41) is 27.9. The molecule has 0 spiro atoms. The fourth-order valence-electron chi connectivity index (χ4n) is 5.48. The third kappa shape index (κ3) is 9.06. The summed E-state index contributed by atoms with van der Waals surface area (Å²) in [6, 6.07) is 19.6. The number of alkyl carbamates (subject to hydrolysis) is 1. The molecule has 4 N–H and O–H groups in total. The predicted molar refractivity (Wildman–Crippen MR) is 160 cm³/mol. The number of hydrogen-bond donors (Lipinski definition) is 4. The van der Waals surface area contributed by atoms with E-state index in [0.29, 0.717) is 12.0 Å². The molecular weight excluding hydrogens is 573 g/mol. The van der Waals surface area contributed by atoms with Gasteiger partial charge in [0, 0.05) is 12.3 Å². The van der Waals surface area contributed by atoms with Crippen LogP contribution in [0, 0.1) is 5.92 Å². The Kier molecular flexibility index (Phi) is 10.4.